The van der Waals surface area contributed by atoms with Crippen LogP contribution in [0.5, 0.6) is 0 Å². The molecule has 0 radical (unpaired) electrons. The number of carbonyl (C=O) groups excluding carboxylic acids is 2. The van der Waals surface area contributed by atoms with Gasteiger partial charge in [-0.15, -0.1) is 0 Å². The van der Waals surface area contributed by atoms with E-state index in [-0.39, 0.29) is 56.6 Å². The predicted octanol–water partition coefficient (Wildman–Crippen LogP) is 6.65. The van der Waals surface area contributed by atoms with Crippen LogP contribution in [0.1, 0.15) is 120 Å². The first-order valence-electron chi connectivity index (χ1n) is 15.1. The molecule has 0 aromatic heterocycles. The van der Waals surface area contributed by atoms with E-state index in [1.165, 1.54) is 26.2 Å². The first-order chi connectivity index (χ1) is 17.0. The number of rotatable bonds is 5. The lowest BCUT2D eigenvalue weighted by molar-refractivity contribution is -0.208. The van der Waals surface area contributed by atoms with Gasteiger partial charge < -0.3 is 14.2 Å². The van der Waals surface area contributed by atoms with Gasteiger partial charge in [0.2, 0.25) is 0 Å². The Kier molecular flexibility index (Phi) is 5.27. The largest absolute Gasteiger partial charge is 0.460 e. The van der Waals surface area contributed by atoms with E-state index in [9.17, 15) is 9.59 Å². The van der Waals surface area contributed by atoms with Gasteiger partial charge in [-0.05, 0) is 93.8 Å². The molecular weight excluding hydrogens is 464 g/mol. The Balaban J connectivity index is 1.28. The molecule has 5 nitrogen and oxygen atoms in total. The van der Waals surface area contributed by atoms with Crippen LogP contribution in [-0.2, 0) is 23.8 Å². The van der Waals surface area contributed by atoms with Crippen LogP contribution in [0.3, 0.4) is 0 Å². The van der Waals surface area contributed by atoms with Crippen molar-refractivity contribution >= 4 is 11.8 Å². The van der Waals surface area contributed by atoms with Crippen molar-refractivity contribution in [3.05, 3.63) is 0 Å². The Morgan fingerprint density at radius 3 is 2.24 bits per heavy atom. The van der Waals surface area contributed by atoms with Gasteiger partial charge in [0.15, 0.2) is 0 Å². The third kappa shape index (κ3) is 3.05. The highest BCUT2D eigenvalue weighted by atomic mass is 16.6. The third-order valence-corrected chi connectivity index (χ3v) is 13.8. The van der Waals surface area contributed by atoms with Gasteiger partial charge in [-0.3, -0.25) is 9.59 Å². The minimum absolute atomic E-state index is 0.0291. The Morgan fingerprint density at radius 1 is 0.973 bits per heavy atom. The van der Waals surface area contributed by atoms with Crippen LogP contribution in [0.2, 0.25) is 0 Å². The van der Waals surface area contributed by atoms with Gasteiger partial charge >= 0.3 is 5.97 Å². The first-order valence-corrected chi connectivity index (χ1v) is 15.1. The Labute approximate surface area is 224 Å². The summed E-state index contributed by atoms with van der Waals surface area (Å²) in [5, 5.41) is 0. The van der Waals surface area contributed by atoms with E-state index in [0.717, 1.165) is 38.5 Å². The molecule has 2 aliphatic heterocycles. The molecule has 2 heterocycles. The lowest BCUT2D eigenvalue weighted by Crippen LogP contribution is -2.65. The topological polar surface area (TPSA) is 68.4 Å². The van der Waals surface area contributed by atoms with Crippen LogP contribution in [0.15, 0.2) is 0 Å². The van der Waals surface area contributed by atoms with Crippen molar-refractivity contribution in [3.8, 4) is 0 Å². The van der Waals surface area contributed by atoms with Crippen molar-refractivity contribution in [2.45, 2.75) is 149 Å². The number of epoxide rings is 2. The van der Waals surface area contributed by atoms with E-state index in [0.29, 0.717) is 23.5 Å². The molecule has 1 spiro atoms. The number of ketones is 1. The van der Waals surface area contributed by atoms with Gasteiger partial charge in [0.25, 0.3) is 0 Å². The van der Waals surface area contributed by atoms with Gasteiger partial charge in [0.1, 0.15) is 29.2 Å². The molecule has 6 rings (SSSR count). The molecular formula is C32H50O5. The van der Waals surface area contributed by atoms with Crippen molar-refractivity contribution in [2.24, 2.45) is 39.4 Å². The number of hydrogen-bond acceptors (Lipinski definition) is 5. The first kappa shape index (κ1) is 26.3. The molecule has 0 aromatic carbocycles. The highest BCUT2D eigenvalue weighted by molar-refractivity contribution is 5.85. The molecule has 37 heavy (non-hydrogen) atoms. The molecule has 208 valence electrons. The smallest absolute Gasteiger partial charge is 0.302 e. The van der Waals surface area contributed by atoms with E-state index >= 15 is 0 Å². The summed E-state index contributed by atoms with van der Waals surface area (Å²) in [4.78, 5) is 24.9. The fraction of sp³-hybridized carbons (Fsp3) is 0.938. The van der Waals surface area contributed by atoms with Crippen LogP contribution in [-0.4, -0.2) is 40.8 Å². The molecule has 6 aliphatic rings. The molecule has 0 N–H and O–H groups in total. The van der Waals surface area contributed by atoms with Gasteiger partial charge in [0.05, 0.1) is 5.60 Å². The SMILES string of the molecule is CC(=O)O[C@@H](C[C@@H](C)[C@]12CC[C@@]3(C)[C@@]1(CCC1[C@@]4(C)CCC(=O)C(C)(C)C4CC[C@@]13C)O2)[C@H]1OC1(C)C. The number of hydrogen-bond donors (Lipinski definition) is 0. The molecule has 0 amide bonds. The number of fused-ring (bicyclic) bond motifs is 4. The average molecular weight is 515 g/mol. The van der Waals surface area contributed by atoms with Crippen molar-refractivity contribution in [3.63, 3.8) is 0 Å². The summed E-state index contributed by atoms with van der Waals surface area (Å²) in [5.74, 6) is 1.66. The zero-order valence-electron chi connectivity index (χ0n) is 24.8. The van der Waals surface area contributed by atoms with Crippen LogP contribution in [0.4, 0.5) is 0 Å². The zero-order valence-corrected chi connectivity index (χ0v) is 24.8. The molecule has 0 aromatic rings. The maximum atomic E-state index is 13.0. The summed E-state index contributed by atoms with van der Waals surface area (Å²) < 4.78 is 18.8. The number of esters is 1. The molecule has 5 heteroatoms. The van der Waals surface area contributed by atoms with E-state index in [4.69, 9.17) is 14.2 Å². The van der Waals surface area contributed by atoms with Crippen molar-refractivity contribution in [1.82, 2.24) is 0 Å². The van der Waals surface area contributed by atoms with Gasteiger partial charge in [0, 0.05) is 24.2 Å². The molecule has 2 saturated heterocycles. The summed E-state index contributed by atoms with van der Waals surface area (Å²) >= 11 is 0. The zero-order chi connectivity index (χ0) is 27.0. The van der Waals surface area contributed by atoms with Gasteiger partial charge in [-0.2, -0.15) is 0 Å². The Morgan fingerprint density at radius 2 is 1.62 bits per heavy atom. The number of Topliss-reactive ketones (excluding diaryl/α,β-unsaturated/α-hetero) is 1. The van der Waals surface area contributed by atoms with E-state index < -0.39 is 0 Å². The Bertz CT molecular complexity index is 1030. The second kappa shape index (κ2) is 7.42. The van der Waals surface area contributed by atoms with Gasteiger partial charge in [-0.25, -0.2) is 0 Å². The quantitative estimate of drug-likeness (QED) is 0.303. The van der Waals surface area contributed by atoms with Gasteiger partial charge in [-0.1, -0.05) is 41.5 Å². The van der Waals surface area contributed by atoms with E-state index in [2.05, 4.69) is 55.4 Å². The second-order valence-corrected chi connectivity index (χ2v) is 15.8. The molecule has 2 unspecified atom stereocenters. The molecule has 0 bridgehead atoms. The molecule has 10 atom stereocenters. The van der Waals surface area contributed by atoms with Crippen molar-refractivity contribution in [2.75, 3.05) is 0 Å². The van der Waals surface area contributed by atoms with Crippen LogP contribution in [0, 0.1) is 39.4 Å². The third-order valence-electron chi connectivity index (χ3n) is 13.8. The van der Waals surface area contributed by atoms with E-state index in [1.54, 1.807) is 0 Å². The lowest BCUT2D eigenvalue weighted by Gasteiger charge is -2.68. The Hall–Kier alpha value is -0.940. The maximum absolute atomic E-state index is 13.0. The summed E-state index contributed by atoms with van der Waals surface area (Å²) in [5.41, 5.74) is -0.0699. The summed E-state index contributed by atoms with van der Waals surface area (Å²) in [6.45, 7) is 20.1. The second-order valence-electron chi connectivity index (χ2n) is 15.8. The highest BCUT2D eigenvalue weighted by Crippen LogP contribution is 2.84. The fourth-order valence-electron chi connectivity index (χ4n) is 11.6. The van der Waals surface area contributed by atoms with Crippen molar-refractivity contribution in [1.29, 1.82) is 0 Å². The minimum atomic E-state index is -0.226. The molecule has 4 aliphatic carbocycles. The monoisotopic (exact) mass is 514 g/mol. The lowest BCUT2D eigenvalue weighted by atomic mass is 9.35. The maximum Gasteiger partial charge on any atom is 0.302 e. The van der Waals surface area contributed by atoms with Crippen LogP contribution < -0.4 is 0 Å². The predicted molar refractivity (Wildman–Crippen MR) is 142 cm³/mol. The summed E-state index contributed by atoms with van der Waals surface area (Å²) in [6.07, 6.45) is 9.30. The number of ether oxygens (including phenoxy) is 3. The van der Waals surface area contributed by atoms with Crippen LogP contribution >= 0.6 is 0 Å². The fourth-order valence-corrected chi connectivity index (χ4v) is 11.6. The summed E-state index contributed by atoms with van der Waals surface area (Å²) in [7, 11) is 0. The highest BCUT2D eigenvalue weighted by Gasteiger charge is 2.87. The average Bonchev–Trinajstić information content (AvgIpc) is 3.62. The number of carbonyl (C=O) groups is 2. The molecule has 6 fully saturated rings. The van der Waals surface area contributed by atoms with E-state index in [1.807, 2.05) is 0 Å². The van der Waals surface area contributed by atoms with Crippen LogP contribution in [0.25, 0.3) is 0 Å². The minimum Gasteiger partial charge on any atom is -0.460 e. The molecule has 4 saturated carbocycles. The summed E-state index contributed by atoms with van der Waals surface area (Å²) in [6, 6.07) is 0. The van der Waals surface area contributed by atoms with Crippen molar-refractivity contribution < 1.29 is 23.8 Å². The standard InChI is InChI=1S/C32H50O5/c1-19(18-21(35-20(2)33)25-27(5,6)36-25)31-17-16-30(9)29(8)14-10-22-26(3,4)24(34)12-13-28(22,7)23(29)11-15-32(30,31)37-31/h19,21-23,25H,10-18H2,1-9H3/t19-,21+,22?,23?,25-,28+,29+,30-,31-,32-/m1/s1. The normalized spacial score (nSPS) is 52.1.